The number of anilines is 1. The van der Waals surface area contributed by atoms with Crippen molar-refractivity contribution in [3.05, 3.63) is 29.2 Å². The van der Waals surface area contributed by atoms with Crippen LogP contribution in [-0.4, -0.2) is 31.1 Å². The first-order chi connectivity index (χ1) is 13.6. The topological polar surface area (TPSA) is 89.5 Å². The maximum atomic E-state index is 12.8. The van der Waals surface area contributed by atoms with Crippen LogP contribution in [0.15, 0.2) is 22.4 Å². The molecule has 1 aliphatic rings. The number of halogens is 3. The van der Waals surface area contributed by atoms with Gasteiger partial charge < -0.3 is 5.32 Å². The first-order valence-electron chi connectivity index (χ1n) is 8.95. The van der Waals surface area contributed by atoms with Gasteiger partial charge in [-0.1, -0.05) is 0 Å². The lowest BCUT2D eigenvalue weighted by atomic mass is 10.0. The smallest absolute Gasteiger partial charge is 0.309 e. The highest BCUT2D eigenvalue weighted by Gasteiger charge is 2.39. The maximum absolute atomic E-state index is 12.8. The lowest BCUT2D eigenvalue weighted by Crippen LogP contribution is -2.18. The SMILES string of the molecule is C#CCCC1(CCC(=O)Nc2cc(C)n(Cn3nc(C(F)(F)F)cc3C)n2)N=N1. The van der Waals surface area contributed by atoms with Crippen molar-refractivity contribution in [2.45, 2.75) is 58.0 Å². The summed E-state index contributed by atoms with van der Waals surface area (Å²) in [4.78, 5) is 12.2. The molecule has 2 aromatic heterocycles. The van der Waals surface area contributed by atoms with Crippen LogP contribution in [0.4, 0.5) is 19.0 Å². The summed E-state index contributed by atoms with van der Waals surface area (Å²) in [6, 6.07) is 2.62. The molecule has 1 N–H and O–H groups in total. The average molecular weight is 407 g/mol. The number of hydrogen-bond donors (Lipinski definition) is 1. The zero-order valence-corrected chi connectivity index (χ0v) is 16.0. The highest BCUT2D eigenvalue weighted by molar-refractivity contribution is 5.89. The van der Waals surface area contributed by atoms with Gasteiger partial charge in [-0.25, -0.2) is 9.36 Å². The Morgan fingerprint density at radius 3 is 2.41 bits per heavy atom. The van der Waals surface area contributed by atoms with Gasteiger partial charge in [0.15, 0.2) is 17.2 Å². The molecule has 0 aliphatic carbocycles. The van der Waals surface area contributed by atoms with E-state index < -0.39 is 17.5 Å². The molecule has 0 unspecified atom stereocenters. The maximum Gasteiger partial charge on any atom is 0.435 e. The van der Waals surface area contributed by atoms with Crippen molar-refractivity contribution in [2.24, 2.45) is 10.2 Å². The summed E-state index contributed by atoms with van der Waals surface area (Å²) in [5.74, 6) is 2.60. The van der Waals surface area contributed by atoms with Gasteiger partial charge in [0.1, 0.15) is 6.67 Å². The second-order valence-electron chi connectivity index (χ2n) is 6.91. The largest absolute Gasteiger partial charge is 0.435 e. The van der Waals surface area contributed by atoms with Crippen molar-refractivity contribution in [3.8, 4) is 12.3 Å². The van der Waals surface area contributed by atoms with Gasteiger partial charge in [0, 0.05) is 43.1 Å². The molecule has 0 bridgehead atoms. The summed E-state index contributed by atoms with van der Waals surface area (Å²) in [7, 11) is 0. The minimum atomic E-state index is -4.51. The quantitative estimate of drug-likeness (QED) is 0.679. The van der Waals surface area contributed by atoms with Crippen LogP contribution in [-0.2, 0) is 17.6 Å². The van der Waals surface area contributed by atoms with Gasteiger partial charge in [0.05, 0.1) is 0 Å². The van der Waals surface area contributed by atoms with E-state index in [1.165, 1.54) is 16.3 Å². The number of terminal acetylenes is 1. The fourth-order valence-electron chi connectivity index (χ4n) is 2.82. The third kappa shape index (κ3) is 5.01. The normalized spacial score (nSPS) is 14.6. The monoisotopic (exact) mass is 407 g/mol. The van der Waals surface area contributed by atoms with E-state index in [0.717, 1.165) is 6.07 Å². The second kappa shape index (κ2) is 7.69. The van der Waals surface area contributed by atoms with Gasteiger partial charge in [0.2, 0.25) is 5.91 Å². The molecule has 8 nitrogen and oxygen atoms in total. The predicted molar refractivity (Wildman–Crippen MR) is 97.8 cm³/mol. The lowest BCUT2D eigenvalue weighted by molar-refractivity contribution is -0.141. The van der Waals surface area contributed by atoms with Crippen molar-refractivity contribution < 1.29 is 18.0 Å². The van der Waals surface area contributed by atoms with Crippen molar-refractivity contribution >= 4 is 11.7 Å². The van der Waals surface area contributed by atoms with E-state index >= 15 is 0 Å². The number of carbonyl (C=O) groups is 1. The van der Waals surface area contributed by atoms with Crippen LogP contribution in [0.1, 0.15) is 42.8 Å². The van der Waals surface area contributed by atoms with Crippen LogP contribution >= 0.6 is 0 Å². The Labute approximate surface area is 165 Å². The second-order valence-corrected chi connectivity index (χ2v) is 6.91. The average Bonchev–Trinajstić information content (AvgIpc) is 3.20. The Bertz CT molecular complexity index is 975. The molecular formula is C18H20F3N7O. The summed E-state index contributed by atoms with van der Waals surface area (Å²) >= 11 is 0. The van der Waals surface area contributed by atoms with Gasteiger partial charge in [-0.15, -0.1) is 12.3 Å². The Balaban J connectivity index is 1.58. The summed E-state index contributed by atoms with van der Waals surface area (Å²) < 4.78 is 41.1. The molecular weight excluding hydrogens is 387 g/mol. The van der Waals surface area contributed by atoms with E-state index in [1.807, 2.05) is 0 Å². The molecule has 1 amide bonds. The van der Waals surface area contributed by atoms with E-state index in [9.17, 15) is 18.0 Å². The Hall–Kier alpha value is -3.16. The molecule has 2 aromatic rings. The number of amides is 1. The van der Waals surface area contributed by atoms with Gasteiger partial charge in [-0.2, -0.15) is 33.6 Å². The lowest BCUT2D eigenvalue weighted by Gasteiger charge is -2.08. The van der Waals surface area contributed by atoms with Gasteiger partial charge in [-0.3, -0.25) is 4.79 Å². The van der Waals surface area contributed by atoms with Crippen LogP contribution in [0.25, 0.3) is 0 Å². The number of alkyl halides is 3. The Kier molecular flexibility index (Phi) is 5.46. The van der Waals surface area contributed by atoms with Gasteiger partial charge in [0.25, 0.3) is 0 Å². The molecule has 0 saturated heterocycles. The zero-order valence-electron chi connectivity index (χ0n) is 16.0. The molecule has 29 heavy (non-hydrogen) atoms. The van der Waals surface area contributed by atoms with E-state index in [0.29, 0.717) is 36.5 Å². The number of carbonyl (C=O) groups excluding carboxylic acids is 1. The molecule has 0 aromatic carbocycles. The predicted octanol–water partition coefficient (Wildman–Crippen LogP) is 3.52. The molecule has 0 saturated carbocycles. The molecule has 3 rings (SSSR count). The van der Waals surface area contributed by atoms with Crippen molar-refractivity contribution in [1.82, 2.24) is 19.6 Å². The molecule has 11 heteroatoms. The van der Waals surface area contributed by atoms with Crippen LogP contribution in [0, 0.1) is 26.2 Å². The van der Waals surface area contributed by atoms with Crippen LogP contribution in [0.3, 0.4) is 0 Å². The Morgan fingerprint density at radius 2 is 1.83 bits per heavy atom. The van der Waals surface area contributed by atoms with E-state index in [2.05, 4.69) is 31.7 Å². The highest BCUT2D eigenvalue weighted by Crippen LogP contribution is 2.37. The first-order valence-corrected chi connectivity index (χ1v) is 8.95. The minimum absolute atomic E-state index is 0.00340. The molecule has 0 atom stereocenters. The summed E-state index contributed by atoms with van der Waals surface area (Å²) in [5.41, 5.74) is -0.469. The van der Waals surface area contributed by atoms with Gasteiger partial charge in [-0.05, 0) is 19.9 Å². The fourth-order valence-corrected chi connectivity index (χ4v) is 2.82. The number of nitrogens with one attached hydrogen (secondary N) is 1. The third-order valence-corrected chi connectivity index (χ3v) is 4.59. The Morgan fingerprint density at radius 1 is 1.17 bits per heavy atom. The summed E-state index contributed by atoms with van der Waals surface area (Å²) in [6.07, 6.45) is 2.56. The molecule has 0 fully saturated rings. The van der Waals surface area contributed by atoms with Gasteiger partial charge >= 0.3 is 6.18 Å². The van der Waals surface area contributed by atoms with Crippen LogP contribution in [0.2, 0.25) is 0 Å². The number of hydrogen-bond acceptors (Lipinski definition) is 5. The summed E-state index contributed by atoms with van der Waals surface area (Å²) in [5, 5.41) is 18.5. The highest BCUT2D eigenvalue weighted by atomic mass is 19.4. The van der Waals surface area contributed by atoms with E-state index in [-0.39, 0.29) is 19.0 Å². The fraction of sp³-hybridized carbons (Fsp3) is 0.500. The third-order valence-electron chi connectivity index (χ3n) is 4.59. The van der Waals surface area contributed by atoms with E-state index in [1.54, 1.807) is 13.0 Å². The van der Waals surface area contributed by atoms with Crippen LogP contribution < -0.4 is 5.32 Å². The minimum Gasteiger partial charge on any atom is -0.309 e. The number of aromatic nitrogens is 4. The number of nitrogens with zero attached hydrogens (tertiary/aromatic N) is 6. The zero-order chi connectivity index (χ0) is 21.2. The van der Waals surface area contributed by atoms with Crippen molar-refractivity contribution in [1.29, 1.82) is 0 Å². The molecule has 1 aliphatic heterocycles. The standard InChI is InChI=1S/C18H20F3N7O/c1-4-5-7-17(25-26-17)8-6-16(29)22-15-10-13(3)28(24-15)11-27-12(2)9-14(23-27)18(19,20)21/h1,9-10H,5-8,11H2,2-3H3,(H,22,24,29). The van der Waals surface area contributed by atoms with Crippen LogP contribution in [0.5, 0.6) is 0 Å². The number of rotatable bonds is 8. The summed E-state index contributed by atoms with van der Waals surface area (Å²) in [6.45, 7) is 3.27. The molecule has 0 spiro atoms. The van der Waals surface area contributed by atoms with E-state index in [4.69, 9.17) is 6.42 Å². The number of aryl methyl sites for hydroxylation is 2. The molecule has 0 radical (unpaired) electrons. The van der Waals surface area contributed by atoms with Crippen molar-refractivity contribution in [2.75, 3.05) is 5.32 Å². The molecule has 3 heterocycles. The molecule has 154 valence electrons. The first kappa shape index (κ1) is 20.6. The van der Waals surface area contributed by atoms with Crippen molar-refractivity contribution in [3.63, 3.8) is 0 Å².